The number of aliphatic hydroxyl groups is 1. The van der Waals surface area contributed by atoms with Crippen molar-refractivity contribution >= 4 is 11.8 Å². The zero-order valence-corrected chi connectivity index (χ0v) is 12.8. The monoisotopic (exact) mass is 314 g/mol. The summed E-state index contributed by atoms with van der Waals surface area (Å²) in [6, 6.07) is 2.43. The number of nitrogens with one attached hydrogen (secondary N) is 1. The van der Waals surface area contributed by atoms with Gasteiger partial charge in [0.25, 0.3) is 5.91 Å². The molecule has 7 heteroatoms. The first-order chi connectivity index (χ1) is 10.2. The topological polar surface area (TPSA) is 69.6 Å². The Hall–Kier alpha value is -2.02. The standard InChI is InChI=1S/C15H20F2N2O3/c1-9(2)19(8-10(3)20)14(21)7-18-15(22)12-5-4-11(16)6-13(12)17/h4-6,9-10,20H,7-8H2,1-3H3,(H,18,22). The highest BCUT2D eigenvalue weighted by molar-refractivity contribution is 5.96. The van der Waals surface area contributed by atoms with Crippen molar-refractivity contribution in [2.24, 2.45) is 0 Å². The van der Waals surface area contributed by atoms with Crippen molar-refractivity contribution in [2.75, 3.05) is 13.1 Å². The Labute approximate surface area is 127 Å². The van der Waals surface area contributed by atoms with E-state index in [0.29, 0.717) is 6.07 Å². The van der Waals surface area contributed by atoms with Crippen LogP contribution in [-0.2, 0) is 4.79 Å². The third-order valence-electron chi connectivity index (χ3n) is 2.98. The van der Waals surface area contributed by atoms with Gasteiger partial charge in [-0.05, 0) is 32.9 Å². The lowest BCUT2D eigenvalue weighted by atomic mass is 10.2. The molecule has 22 heavy (non-hydrogen) atoms. The van der Waals surface area contributed by atoms with Crippen molar-refractivity contribution in [2.45, 2.75) is 32.9 Å². The Kier molecular flexibility index (Phi) is 6.42. The SMILES string of the molecule is CC(O)CN(C(=O)CNC(=O)c1ccc(F)cc1F)C(C)C. The van der Waals surface area contributed by atoms with Gasteiger partial charge < -0.3 is 15.3 Å². The first kappa shape index (κ1) is 18.0. The summed E-state index contributed by atoms with van der Waals surface area (Å²) in [5, 5.41) is 11.7. The minimum Gasteiger partial charge on any atom is -0.392 e. The molecule has 2 amide bonds. The van der Waals surface area contributed by atoms with Crippen LogP contribution in [0.3, 0.4) is 0 Å². The molecule has 1 rings (SSSR count). The Balaban J connectivity index is 2.67. The van der Waals surface area contributed by atoms with Crippen molar-refractivity contribution in [1.29, 1.82) is 0 Å². The van der Waals surface area contributed by atoms with E-state index in [1.54, 1.807) is 20.8 Å². The summed E-state index contributed by atoms with van der Waals surface area (Å²) in [7, 11) is 0. The minimum absolute atomic E-state index is 0.136. The highest BCUT2D eigenvalue weighted by atomic mass is 19.1. The van der Waals surface area contributed by atoms with Gasteiger partial charge in [-0.3, -0.25) is 9.59 Å². The number of aliphatic hydroxyl groups excluding tert-OH is 1. The fraction of sp³-hybridized carbons (Fsp3) is 0.467. The molecule has 1 atom stereocenters. The number of carbonyl (C=O) groups excluding carboxylic acids is 2. The molecule has 122 valence electrons. The summed E-state index contributed by atoms with van der Waals surface area (Å²) >= 11 is 0. The zero-order chi connectivity index (χ0) is 16.9. The van der Waals surface area contributed by atoms with E-state index in [0.717, 1.165) is 12.1 Å². The number of amides is 2. The number of nitrogens with zero attached hydrogens (tertiary/aromatic N) is 1. The normalized spacial score (nSPS) is 12.1. The van der Waals surface area contributed by atoms with E-state index >= 15 is 0 Å². The minimum atomic E-state index is -0.991. The van der Waals surface area contributed by atoms with Crippen molar-refractivity contribution < 1.29 is 23.5 Å². The average molecular weight is 314 g/mol. The van der Waals surface area contributed by atoms with Gasteiger partial charge in [0, 0.05) is 18.7 Å². The Morgan fingerprint density at radius 1 is 1.27 bits per heavy atom. The number of hydrogen-bond acceptors (Lipinski definition) is 3. The number of hydrogen-bond donors (Lipinski definition) is 2. The second-order valence-electron chi connectivity index (χ2n) is 5.30. The van der Waals surface area contributed by atoms with Crippen molar-refractivity contribution in [3.63, 3.8) is 0 Å². The fourth-order valence-electron chi connectivity index (χ4n) is 1.91. The highest BCUT2D eigenvalue weighted by Crippen LogP contribution is 2.09. The van der Waals surface area contributed by atoms with Crippen LogP contribution in [0.2, 0.25) is 0 Å². The Morgan fingerprint density at radius 3 is 2.41 bits per heavy atom. The largest absolute Gasteiger partial charge is 0.392 e. The van der Waals surface area contributed by atoms with Gasteiger partial charge >= 0.3 is 0 Å². The Bertz CT molecular complexity index is 548. The molecular formula is C15H20F2N2O3. The number of benzene rings is 1. The van der Waals surface area contributed by atoms with Gasteiger partial charge in [0.2, 0.25) is 5.91 Å². The lowest BCUT2D eigenvalue weighted by Crippen LogP contribution is -2.46. The van der Waals surface area contributed by atoms with Crippen LogP contribution >= 0.6 is 0 Å². The van der Waals surface area contributed by atoms with Gasteiger partial charge in [-0.25, -0.2) is 8.78 Å². The molecule has 0 fully saturated rings. The third kappa shape index (κ3) is 5.07. The quantitative estimate of drug-likeness (QED) is 0.832. The van der Waals surface area contributed by atoms with Crippen molar-refractivity contribution in [3.05, 3.63) is 35.4 Å². The van der Waals surface area contributed by atoms with Crippen LogP contribution in [0.4, 0.5) is 8.78 Å². The summed E-state index contributed by atoms with van der Waals surface area (Å²) in [5.41, 5.74) is -0.333. The van der Waals surface area contributed by atoms with E-state index in [-0.39, 0.29) is 24.7 Å². The molecule has 0 aromatic heterocycles. The maximum absolute atomic E-state index is 13.5. The van der Waals surface area contributed by atoms with Crippen LogP contribution in [0.1, 0.15) is 31.1 Å². The number of rotatable bonds is 6. The van der Waals surface area contributed by atoms with Crippen molar-refractivity contribution in [1.82, 2.24) is 10.2 Å². The molecule has 0 aliphatic rings. The third-order valence-corrected chi connectivity index (χ3v) is 2.98. The van der Waals surface area contributed by atoms with E-state index in [1.165, 1.54) is 4.90 Å². The Morgan fingerprint density at radius 2 is 1.91 bits per heavy atom. The van der Waals surface area contributed by atoms with Crippen molar-refractivity contribution in [3.8, 4) is 0 Å². The average Bonchev–Trinajstić information content (AvgIpc) is 2.41. The molecule has 1 aromatic carbocycles. The predicted molar refractivity (Wildman–Crippen MR) is 77.2 cm³/mol. The summed E-state index contributed by atoms with van der Waals surface area (Å²) in [6.07, 6.45) is -0.698. The molecule has 1 aromatic rings. The lowest BCUT2D eigenvalue weighted by molar-refractivity contribution is -0.133. The van der Waals surface area contributed by atoms with Crippen LogP contribution in [0, 0.1) is 11.6 Å². The maximum Gasteiger partial charge on any atom is 0.254 e. The molecule has 2 N–H and O–H groups in total. The van der Waals surface area contributed by atoms with Crippen LogP contribution < -0.4 is 5.32 Å². The van der Waals surface area contributed by atoms with Gasteiger partial charge in [-0.15, -0.1) is 0 Å². The van der Waals surface area contributed by atoms with Gasteiger partial charge in [-0.2, -0.15) is 0 Å². The highest BCUT2D eigenvalue weighted by Gasteiger charge is 2.20. The van der Waals surface area contributed by atoms with Crippen LogP contribution in [0.15, 0.2) is 18.2 Å². The van der Waals surface area contributed by atoms with E-state index in [1.807, 2.05) is 0 Å². The number of halogens is 2. The first-order valence-electron chi connectivity index (χ1n) is 6.93. The lowest BCUT2D eigenvalue weighted by Gasteiger charge is -2.28. The predicted octanol–water partition coefficient (Wildman–Crippen LogP) is 1.31. The summed E-state index contributed by atoms with van der Waals surface area (Å²) in [6.45, 7) is 4.91. The fourth-order valence-corrected chi connectivity index (χ4v) is 1.91. The molecular weight excluding hydrogens is 294 g/mol. The molecule has 0 heterocycles. The van der Waals surface area contributed by atoms with Gasteiger partial charge in [0.1, 0.15) is 11.6 Å². The molecule has 0 bridgehead atoms. The second-order valence-corrected chi connectivity index (χ2v) is 5.30. The van der Waals surface area contributed by atoms with E-state index in [4.69, 9.17) is 0 Å². The van der Waals surface area contributed by atoms with Gasteiger partial charge in [-0.1, -0.05) is 0 Å². The van der Waals surface area contributed by atoms with E-state index in [9.17, 15) is 23.5 Å². The smallest absolute Gasteiger partial charge is 0.254 e. The van der Waals surface area contributed by atoms with Gasteiger partial charge in [0.05, 0.1) is 18.2 Å². The maximum atomic E-state index is 13.5. The molecule has 0 saturated heterocycles. The number of carbonyl (C=O) groups is 2. The summed E-state index contributed by atoms with van der Waals surface area (Å²) in [4.78, 5) is 25.3. The molecule has 1 unspecified atom stereocenters. The van der Waals surface area contributed by atoms with E-state index in [2.05, 4.69) is 5.32 Å². The summed E-state index contributed by atoms with van der Waals surface area (Å²) < 4.78 is 26.2. The molecule has 0 spiro atoms. The molecule has 0 saturated carbocycles. The molecule has 0 radical (unpaired) electrons. The van der Waals surface area contributed by atoms with Crippen LogP contribution in [-0.4, -0.2) is 47.1 Å². The summed E-state index contributed by atoms with van der Waals surface area (Å²) in [5.74, 6) is -2.97. The van der Waals surface area contributed by atoms with Crippen LogP contribution in [0.25, 0.3) is 0 Å². The molecule has 0 aliphatic heterocycles. The molecule has 5 nitrogen and oxygen atoms in total. The first-order valence-corrected chi connectivity index (χ1v) is 6.93. The second kappa shape index (κ2) is 7.84. The zero-order valence-electron chi connectivity index (χ0n) is 12.8. The van der Waals surface area contributed by atoms with E-state index < -0.39 is 29.6 Å². The van der Waals surface area contributed by atoms with Gasteiger partial charge in [0.15, 0.2) is 0 Å². The van der Waals surface area contributed by atoms with Crippen LogP contribution in [0.5, 0.6) is 0 Å². The molecule has 0 aliphatic carbocycles.